The Bertz CT molecular complexity index is 797. The Balaban J connectivity index is 5.43. The smallest absolute Gasteiger partial charge is 0.326 e. The molecule has 4 amide bonds. The molecule has 206 valence electrons. The van der Waals surface area contributed by atoms with Gasteiger partial charge >= 0.3 is 5.97 Å². The predicted molar refractivity (Wildman–Crippen MR) is 134 cm³/mol. The number of nitrogens with two attached hydrogens (primary N) is 4. The van der Waals surface area contributed by atoms with Crippen LogP contribution in [0.4, 0.5) is 0 Å². The van der Waals surface area contributed by atoms with E-state index in [-0.39, 0.29) is 37.7 Å². The van der Waals surface area contributed by atoms with E-state index in [0.717, 1.165) is 0 Å². The van der Waals surface area contributed by atoms with Crippen LogP contribution in [0.2, 0.25) is 0 Å². The highest BCUT2D eigenvalue weighted by Gasteiger charge is 2.32. The number of amides is 4. The van der Waals surface area contributed by atoms with Gasteiger partial charge in [0.2, 0.25) is 23.6 Å². The monoisotopic (exact) mass is 514 g/mol. The predicted octanol–water partition coefficient (Wildman–Crippen LogP) is -2.13. The molecule has 0 saturated heterocycles. The molecule has 4 unspecified atom stereocenters. The fourth-order valence-corrected chi connectivity index (χ4v) is 3.26. The summed E-state index contributed by atoms with van der Waals surface area (Å²) in [7, 11) is 0. The molecule has 0 aromatic rings. The van der Waals surface area contributed by atoms with Crippen LogP contribution in [0.15, 0.2) is 4.99 Å². The zero-order chi connectivity index (χ0) is 28.0. The molecule has 0 aromatic heterocycles. The average Bonchev–Trinajstić information content (AvgIpc) is 2.75. The lowest BCUT2D eigenvalue weighted by molar-refractivity contribution is -0.142. The van der Waals surface area contributed by atoms with Crippen molar-refractivity contribution in [3.05, 3.63) is 0 Å². The van der Waals surface area contributed by atoms with Crippen molar-refractivity contribution in [1.29, 1.82) is 0 Å². The molecule has 0 aliphatic carbocycles. The molecule has 0 saturated carbocycles. The van der Waals surface area contributed by atoms with Crippen LogP contribution in [0.1, 0.15) is 59.8 Å². The van der Waals surface area contributed by atoms with Crippen LogP contribution >= 0.6 is 0 Å². The van der Waals surface area contributed by atoms with Crippen LogP contribution in [0.25, 0.3) is 0 Å². The van der Waals surface area contributed by atoms with E-state index >= 15 is 0 Å². The second kappa shape index (κ2) is 16.3. The van der Waals surface area contributed by atoms with Crippen molar-refractivity contribution in [2.75, 3.05) is 6.54 Å². The van der Waals surface area contributed by atoms with Crippen molar-refractivity contribution in [2.45, 2.75) is 84.0 Å². The minimum absolute atomic E-state index is 0.0572. The van der Waals surface area contributed by atoms with E-state index in [2.05, 4.69) is 20.9 Å². The third kappa shape index (κ3) is 13.5. The van der Waals surface area contributed by atoms with Gasteiger partial charge in [0.05, 0.1) is 6.04 Å². The van der Waals surface area contributed by atoms with Gasteiger partial charge < -0.3 is 44.0 Å². The van der Waals surface area contributed by atoms with E-state index in [9.17, 15) is 29.1 Å². The number of carbonyl (C=O) groups is 5. The molecule has 0 radical (unpaired) electrons. The number of carboxylic acids is 1. The summed E-state index contributed by atoms with van der Waals surface area (Å²) in [4.78, 5) is 65.0. The summed E-state index contributed by atoms with van der Waals surface area (Å²) in [5.74, 6) is -4.37. The average molecular weight is 515 g/mol. The van der Waals surface area contributed by atoms with Gasteiger partial charge in [0.15, 0.2) is 5.96 Å². The Morgan fingerprint density at radius 1 is 0.833 bits per heavy atom. The quantitative estimate of drug-likeness (QED) is 0.0598. The summed E-state index contributed by atoms with van der Waals surface area (Å²) in [6.07, 6.45) is 0.448. The fourth-order valence-electron chi connectivity index (χ4n) is 3.26. The van der Waals surface area contributed by atoms with E-state index in [4.69, 9.17) is 22.9 Å². The lowest BCUT2D eigenvalue weighted by Gasteiger charge is -2.27. The van der Waals surface area contributed by atoms with Crippen molar-refractivity contribution in [2.24, 2.45) is 39.8 Å². The molecular formula is C22H42N8O6. The van der Waals surface area contributed by atoms with Gasteiger partial charge in [-0.3, -0.25) is 24.2 Å². The van der Waals surface area contributed by atoms with Crippen LogP contribution < -0.4 is 38.9 Å². The topological polar surface area (TPSA) is 258 Å². The number of primary amides is 1. The number of hydrogen-bond donors (Lipinski definition) is 8. The van der Waals surface area contributed by atoms with Gasteiger partial charge in [0, 0.05) is 13.0 Å². The molecule has 0 rings (SSSR count). The molecule has 4 atom stereocenters. The van der Waals surface area contributed by atoms with Crippen molar-refractivity contribution in [3.63, 3.8) is 0 Å². The fraction of sp³-hybridized carbons (Fsp3) is 0.727. The minimum Gasteiger partial charge on any atom is -0.480 e. The molecule has 14 nitrogen and oxygen atoms in total. The number of carboxylic acid groups (broad SMARTS) is 1. The number of aliphatic imine (C=N–C) groups is 1. The molecule has 0 fully saturated rings. The van der Waals surface area contributed by atoms with Crippen LogP contribution in [0.3, 0.4) is 0 Å². The van der Waals surface area contributed by atoms with Crippen LogP contribution in [0.5, 0.6) is 0 Å². The van der Waals surface area contributed by atoms with E-state index < -0.39 is 59.7 Å². The second-order valence-corrected chi connectivity index (χ2v) is 9.38. The molecule has 0 aliphatic rings. The summed E-state index contributed by atoms with van der Waals surface area (Å²) in [5, 5.41) is 16.9. The third-order valence-corrected chi connectivity index (χ3v) is 5.18. The van der Waals surface area contributed by atoms with Gasteiger partial charge in [-0.1, -0.05) is 27.7 Å². The number of carbonyl (C=O) groups excluding carboxylic acids is 4. The van der Waals surface area contributed by atoms with Crippen LogP contribution in [0, 0.1) is 11.8 Å². The van der Waals surface area contributed by atoms with Crippen molar-refractivity contribution in [3.8, 4) is 0 Å². The number of guanidine groups is 1. The van der Waals surface area contributed by atoms with Crippen molar-refractivity contribution < 1.29 is 29.1 Å². The summed E-state index contributed by atoms with van der Waals surface area (Å²) in [5.41, 5.74) is 21.6. The maximum Gasteiger partial charge on any atom is 0.326 e. The molecule has 14 heteroatoms. The van der Waals surface area contributed by atoms with E-state index in [1.807, 2.05) is 13.8 Å². The van der Waals surface area contributed by atoms with Gasteiger partial charge in [-0.25, -0.2) is 4.79 Å². The zero-order valence-corrected chi connectivity index (χ0v) is 21.5. The molecule has 12 N–H and O–H groups in total. The number of aliphatic carboxylic acids is 1. The van der Waals surface area contributed by atoms with E-state index in [0.29, 0.717) is 12.8 Å². The first-order valence-corrected chi connectivity index (χ1v) is 11.9. The highest BCUT2D eigenvalue weighted by atomic mass is 16.4. The lowest BCUT2D eigenvalue weighted by Crippen LogP contribution is -2.58. The Kier molecular flexibility index (Phi) is 14.7. The number of nitrogens with zero attached hydrogens (tertiary/aromatic N) is 1. The maximum atomic E-state index is 13.0. The molecule has 0 heterocycles. The van der Waals surface area contributed by atoms with Crippen molar-refractivity contribution in [1.82, 2.24) is 16.0 Å². The Morgan fingerprint density at radius 3 is 1.89 bits per heavy atom. The van der Waals surface area contributed by atoms with E-state index in [1.165, 1.54) is 0 Å². The lowest BCUT2D eigenvalue weighted by atomic mass is 10.0. The molecule has 0 aromatic carbocycles. The Labute approximate surface area is 211 Å². The first-order chi connectivity index (χ1) is 16.6. The molecule has 0 bridgehead atoms. The molecular weight excluding hydrogens is 472 g/mol. The standard InChI is InChI=1S/C22H42N8O6/c1-11(2)10-13(23)18(32)28-14(7-8-16(24)31)19(33)30-17(12(3)4)20(34)29-15(21(35)36)6-5-9-27-22(25)26/h11-15,17H,5-10,23H2,1-4H3,(H2,24,31)(H,28,32)(H,29,34)(H,30,33)(H,35,36)(H4,25,26,27). The zero-order valence-electron chi connectivity index (χ0n) is 21.5. The third-order valence-electron chi connectivity index (χ3n) is 5.18. The van der Waals surface area contributed by atoms with Gasteiger partial charge in [-0.05, 0) is 37.5 Å². The highest BCUT2D eigenvalue weighted by Crippen LogP contribution is 2.08. The van der Waals surface area contributed by atoms with Crippen LogP contribution in [-0.2, 0) is 24.0 Å². The SMILES string of the molecule is CC(C)CC(N)C(=O)NC(CCC(N)=O)C(=O)NC(C(=O)NC(CCCN=C(N)N)C(=O)O)C(C)C. The van der Waals surface area contributed by atoms with Crippen molar-refractivity contribution >= 4 is 35.6 Å². The molecule has 36 heavy (non-hydrogen) atoms. The summed E-state index contributed by atoms with van der Waals surface area (Å²) < 4.78 is 0. The van der Waals surface area contributed by atoms with Gasteiger partial charge in [0.1, 0.15) is 18.1 Å². The Hall–Kier alpha value is -3.42. The molecule has 0 spiro atoms. The van der Waals surface area contributed by atoms with Gasteiger partial charge in [-0.2, -0.15) is 0 Å². The first-order valence-electron chi connectivity index (χ1n) is 11.9. The van der Waals surface area contributed by atoms with E-state index in [1.54, 1.807) is 13.8 Å². The number of hydrogen-bond acceptors (Lipinski definition) is 7. The van der Waals surface area contributed by atoms with Crippen LogP contribution in [-0.4, -0.2) is 71.4 Å². The Morgan fingerprint density at radius 2 is 1.42 bits per heavy atom. The second-order valence-electron chi connectivity index (χ2n) is 9.38. The summed E-state index contributed by atoms with van der Waals surface area (Å²) in [6.45, 7) is 7.29. The summed E-state index contributed by atoms with van der Waals surface area (Å²) in [6, 6.07) is -4.39. The number of rotatable bonds is 17. The first kappa shape index (κ1) is 32.6. The largest absolute Gasteiger partial charge is 0.480 e. The molecule has 0 aliphatic heterocycles. The van der Waals surface area contributed by atoms with Gasteiger partial charge in [0.25, 0.3) is 0 Å². The minimum atomic E-state index is -1.26. The summed E-state index contributed by atoms with van der Waals surface area (Å²) >= 11 is 0. The van der Waals surface area contributed by atoms with Gasteiger partial charge in [-0.15, -0.1) is 0 Å². The highest BCUT2D eigenvalue weighted by molar-refractivity contribution is 5.94. The number of nitrogens with one attached hydrogen (secondary N) is 3. The maximum absolute atomic E-state index is 13.0. The normalized spacial score (nSPS) is 14.3.